The van der Waals surface area contributed by atoms with E-state index in [4.69, 9.17) is 5.73 Å². The molecule has 1 heterocycles. The lowest BCUT2D eigenvalue weighted by Gasteiger charge is -2.15. The van der Waals surface area contributed by atoms with Gasteiger partial charge >= 0.3 is 6.18 Å². The molecule has 0 radical (unpaired) electrons. The molecule has 2 N–H and O–H groups in total. The van der Waals surface area contributed by atoms with Crippen LogP contribution < -0.4 is 5.73 Å². The Kier molecular flexibility index (Phi) is 4.24. The fourth-order valence-corrected chi connectivity index (χ4v) is 3.12. The monoisotopic (exact) mass is 280 g/mol. The first kappa shape index (κ1) is 13.8. The van der Waals surface area contributed by atoms with Gasteiger partial charge in [0, 0.05) is 17.3 Å². The second-order valence-electron chi connectivity index (χ2n) is 4.33. The number of ether oxygens (including phenoxy) is 1. The van der Waals surface area contributed by atoms with Crippen LogP contribution in [0, 0.1) is 0 Å². The first-order valence-corrected chi connectivity index (χ1v) is 6.66. The molecule has 2 rings (SSSR count). The topological polar surface area (TPSA) is 48.1 Å². The average molecular weight is 280 g/mol. The number of alkyl halides is 3. The van der Waals surface area contributed by atoms with Gasteiger partial charge in [0.15, 0.2) is 0 Å². The SMILES string of the molecule is NC1CCCc2sc(CCOCC(F)(F)F)nc21. The summed E-state index contributed by atoms with van der Waals surface area (Å²) in [4.78, 5) is 5.58. The molecular weight excluding hydrogens is 265 g/mol. The smallest absolute Gasteiger partial charge is 0.372 e. The predicted octanol–water partition coefficient (Wildman–Crippen LogP) is 2.60. The molecule has 0 aromatic carbocycles. The second-order valence-corrected chi connectivity index (χ2v) is 5.50. The van der Waals surface area contributed by atoms with Gasteiger partial charge in [0.1, 0.15) is 6.61 Å². The number of nitrogens with zero attached hydrogens (tertiary/aromatic N) is 1. The lowest BCUT2D eigenvalue weighted by molar-refractivity contribution is -0.173. The van der Waals surface area contributed by atoms with Gasteiger partial charge < -0.3 is 10.5 Å². The minimum absolute atomic E-state index is 0.0187. The van der Waals surface area contributed by atoms with Crippen molar-refractivity contribution in [2.75, 3.05) is 13.2 Å². The maximum Gasteiger partial charge on any atom is 0.411 e. The molecule has 3 nitrogen and oxygen atoms in total. The van der Waals surface area contributed by atoms with Crippen LogP contribution in [0.5, 0.6) is 0 Å². The minimum atomic E-state index is -4.26. The van der Waals surface area contributed by atoms with E-state index in [0.29, 0.717) is 6.42 Å². The molecule has 1 aromatic heterocycles. The van der Waals surface area contributed by atoms with Gasteiger partial charge in [-0.1, -0.05) is 0 Å². The summed E-state index contributed by atoms with van der Waals surface area (Å²) >= 11 is 1.54. The molecule has 7 heteroatoms. The predicted molar refractivity (Wildman–Crippen MR) is 62.6 cm³/mol. The van der Waals surface area contributed by atoms with Gasteiger partial charge in [-0.3, -0.25) is 0 Å². The van der Waals surface area contributed by atoms with E-state index in [2.05, 4.69) is 9.72 Å². The number of rotatable bonds is 4. The number of aromatic nitrogens is 1. The van der Waals surface area contributed by atoms with Crippen LogP contribution in [-0.4, -0.2) is 24.4 Å². The van der Waals surface area contributed by atoms with E-state index in [1.807, 2.05) is 0 Å². The van der Waals surface area contributed by atoms with Crippen molar-refractivity contribution in [1.82, 2.24) is 4.98 Å². The van der Waals surface area contributed by atoms with E-state index in [9.17, 15) is 13.2 Å². The average Bonchev–Trinajstić information content (AvgIpc) is 2.68. The quantitative estimate of drug-likeness (QED) is 0.862. The maximum absolute atomic E-state index is 11.9. The largest absolute Gasteiger partial charge is 0.411 e. The Bertz CT molecular complexity index is 405. The van der Waals surface area contributed by atoms with Crippen LogP contribution >= 0.6 is 11.3 Å². The van der Waals surface area contributed by atoms with Gasteiger partial charge in [-0.15, -0.1) is 11.3 Å². The zero-order valence-electron chi connectivity index (χ0n) is 9.79. The minimum Gasteiger partial charge on any atom is -0.372 e. The number of aryl methyl sites for hydroxylation is 1. The molecule has 102 valence electrons. The van der Waals surface area contributed by atoms with Gasteiger partial charge in [0.05, 0.1) is 17.3 Å². The van der Waals surface area contributed by atoms with E-state index >= 15 is 0 Å². The van der Waals surface area contributed by atoms with Crippen LogP contribution in [0.1, 0.15) is 34.5 Å². The highest BCUT2D eigenvalue weighted by Crippen LogP contribution is 2.31. The van der Waals surface area contributed by atoms with E-state index in [1.165, 1.54) is 4.88 Å². The number of hydrogen-bond acceptors (Lipinski definition) is 4. The van der Waals surface area contributed by atoms with Crippen molar-refractivity contribution in [3.63, 3.8) is 0 Å². The van der Waals surface area contributed by atoms with Gasteiger partial charge in [-0.25, -0.2) is 4.98 Å². The number of nitrogens with two attached hydrogens (primary N) is 1. The molecular formula is C11H15F3N2OS. The summed E-state index contributed by atoms with van der Waals surface area (Å²) < 4.78 is 40.2. The highest BCUT2D eigenvalue weighted by atomic mass is 32.1. The van der Waals surface area contributed by atoms with E-state index in [1.54, 1.807) is 11.3 Å². The molecule has 1 aliphatic carbocycles. The van der Waals surface area contributed by atoms with E-state index in [-0.39, 0.29) is 12.6 Å². The third kappa shape index (κ3) is 3.66. The molecule has 0 bridgehead atoms. The number of halogens is 3. The normalized spacial score (nSPS) is 19.9. The molecule has 0 aliphatic heterocycles. The summed E-state index contributed by atoms with van der Waals surface area (Å²) in [7, 11) is 0. The molecule has 0 saturated heterocycles. The van der Waals surface area contributed by atoms with Crippen LogP contribution in [0.3, 0.4) is 0 Å². The van der Waals surface area contributed by atoms with Crippen LogP contribution in [0.4, 0.5) is 13.2 Å². The second kappa shape index (κ2) is 5.54. The molecule has 0 spiro atoms. The van der Waals surface area contributed by atoms with Crippen molar-refractivity contribution in [1.29, 1.82) is 0 Å². The summed E-state index contributed by atoms with van der Waals surface area (Å²) in [5.41, 5.74) is 6.86. The van der Waals surface area contributed by atoms with Crippen LogP contribution in [0.15, 0.2) is 0 Å². The summed E-state index contributed by atoms with van der Waals surface area (Å²) in [6, 6.07) is -0.0187. The fourth-order valence-electron chi connectivity index (χ4n) is 1.96. The Morgan fingerprint density at radius 2 is 2.22 bits per heavy atom. The third-order valence-corrected chi connectivity index (χ3v) is 3.96. The Morgan fingerprint density at radius 1 is 1.44 bits per heavy atom. The summed E-state index contributed by atoms with van der Waals surface area (Å²) in [5, 5.41) is 0.819. The molecule has 0 saturated carbocycles. The molecule has 18 heavy (non-hydrogen) atoms. The molecule has 1 atom stereocenters. The van der Waals surface area contributed by atoms with Crippen molar-refractivity contribution in [2.24, 2.45) is 5.73 Å². The Hall–Kier alpha value is -0.660. The fraction of sp³-hybridized carbons (Fsp3) is 0.727. The first-order chi connectivity index (χ1) is 8.46. The zero-order valence-corrected chi connectivity index (χ0v) is 10.6. The Balaban J connectivity index is 1.84. The van der Waals surface area contributed by atoms with Crippen molar-refractivity contribution in [3.8, 4) is 0 Å². The summed E-state index contributed by atoms with van der Waals surface area (Å²) in [5.74, 6) is 0. The van der Waals surface area contributed by atoms with Crippen molar-refractivity contribution >= 4 is 11.3 Å². The molecule has 1 unspecified atom stereocenters. The van der Waals surface area contributed by atoms with Gasteiger partial charge in [0.2, 0.25) is 0 Å². The van der Waals surface area contributed by atoms with Crippen molar-refractivity contribution in [3.05, 3.63) is 15.6 Å². The standard InChI is InChI=1S/C11H15F3N2OS/c12-11(13,14)6-17-5-4-9-16-10-7(15)2-1-3-8(10)18-9/h7H,1-6,15H2. The number of fused-ring (bicyclic) bond motifs is 1. The van der Waals surface area contributed by atoms with Crippen molar-refractivity contribution in [2.45, 2.75) is 37.9 Å². The summed E-state index contributed by atoms with van der Waals surface area (Å²) in [6.45, 7) is -1.15. The van der Waals surface area contributed by atoms with Gasteiger partial charge in [-0.05, 0) is 19.3 Å². The number of hydrogen-bond donors (Lipinski definition) is 1. The van der Waals surface area contributed by atoms with Crippen molar-refractivity contribution < 1.29 is 17.9 Å². The lowest BCUT2D eigenvalue weighted by Crippen LogP contribution is -2.18. The van der Waals surface area contributed by atoms with Gasteiger partial charge in [0.25, 0.3) is 0 Å². The van der Waals surface area contributed by atoms with E-state index in [0.717, 1.165) is 30.0 Å². The third-order valence-electron chi connectivity index (χ3n) is 2.77. The highest BCUT2D eigenvalue weighted by molar-refractivity contribution is 7.11. The van der Waals surface area contributed by atoms with E-state index < -0.39 is 12.8 Å². The van der Waals surface area contributed by atoms with Crippen LogP contribution in [0.25, 0.3) is 0 Å². The number of thiazole rings is 1. The maximum atomic E-state index is 11.9. The Morgan fingerprint density at radius 3 is 2.89 bits per heavy atom. The molecule has 0 amide bonds. The van der Waals surface area contributed by atoms with Gasteiger partial charge in [-0.2, -0.15) is 13.2 Å². The van der Waals surface area contributed by atoms with Crippen LogP contribution in [0.2, 0.25) is 0 Å². The first-order valence-electron chi connectivity index (χ1n) is 5.84. The lowest BCUT2D eigenvalue weighted by atomic mass is 9.99. The van der Waals surface area contributed by atoms with Crippen LogP contribution in [-0.2, 0) is 17.6 Å². The summed E-state index contributed by atoms with van der Waals surface area (Å²) in [6.07, 6.45) is -0.879. The molecule has 1 aromatic rings. The molecule has 1 aliphatic rings. The molecule has 0 fully saturated rings. The highest BCUT2D eigenvalue weighted by Gasteiger charge is 2.27. The zero-order chi connectivity index (χ0) is 13.2. The Labute approximate surface area is 107 Å².